The molecule has 3 aromatic carbocycles. The Bertz CT molecular complexity index is 870. The lowest BCUT2D eigenvalue weighted by molar-refractivity contribution is 0.893. The van der Waals surface area contributed by atoms with Gasteiger partial charge in [-0.2, -0.15) is 0 Å². The maximum atomic E-state index is 6.04. The fraction of sp³-hybridized carbons (Fsp3) is 0.0952. The van der Waals surface area contributed by atoms with Crippen LogP contribution in [0.4, 0.5) is 11.4 Å². The molecule has 1 heterocycles. The fourth-order valence-corrected chi connectivity index (χ4v) is 3.17. The summed E-state index contributed by atoms with van der Waals surface area (Å²) >= 11 is 6.04. The summed E-state index contributed by atoms with van der Waals surface area (Å²) in [5, 5.41) is 4.38. The number of hydrogen-bond donors (Lipinski definition) is 1. The first-order chi connectivity index (χ1) is 11.8. The Hall–Kier alpha value is -2.58. The van der Waals surface area contributed by atoms with E-state index in [0.29, 0.717) is 0 Å². The lowest BCUT2D eigenvalue weighted by Crippen LogP contribution is -2.34. The lowest BCUT2D eigenvalue weighted by atomic mass is 9.94. The summed E-state index contributed by atoms with van der Waals surface area (Å²) in [6, 6.07) is 26.7. The highest BCUT2D eigenvalue weighted by atomic mass is 35.5. The molecule has 4 rings (SSSR count). The monoisotopic (exact) mass is 332 g/mol. The zero-order chi connectivity index (χ0) is 16.4. The molecule has 0 spiro atoms. The molecule has 0 saturated heterocycles. The molecular weight excluding hydrogens is 316 g/mol. The van der Waals surface area contributed by atoms with Crippen LogP contribution >= 0.6 is 11.6 Å². The molecule has 118 valence electrons. The Morgan fingerprint density at radius 1 is 0.833 bits per heavy atom. The molecule has 1 unspecified atom stereocenters. The Labute approximate surface area is 146 Å². The Kier molecular flexibility index (Phi) is 4.06. The van der Waals surface area contributed by atoms with E-state index in [1.165, 1.54) is 5.56 Å². The minimum absolute atomic E-state index is 0.128. The van der Waals surface area contributed by atoms with Gasteiger partial charge in [-0.3, -0.25) is 0 Å². The summed E-state index contributed by atoms with van der Waals surface area (Å²) in [6.07, 6.45) is 0.886. The second-order valence-electron chi connectivity index (χ2n) is 5.91. The molecular formula is C21H17ClN2. The van der Waals surface area contributed by atoms with E-state index < -0.39 is 0 Å². The third-order valence-electron chi connectivity index (χ3n) is 4.23. The first kappa shape index (κ1) is 15.0. The van der Waals surface area contributed by atoms with E-state index in [1.54, 1.807) is 0 Å². The molecule has 1 N–H and O–H groups in total. The number of aliphatic imine (C=N–C) groups is 1. The van der Waals surface area contributed by atoms with Crippen molar-refractivity contribution in [3.63, 3.8) is 0 Å². The molecule has 1 aliphatic rings. The van der Waals surface area contributed by atoms with Crippen LogP contribution in [-0.4, -0.2) is 11.8 Å². The summed E-state index contributed by atoms with van der Waals surface area (Å²) in [5.41, 5.74) is 5.50. The number of para-hydroxylation sites is 2. The van der Waals surface area contributed by atoms with E-state index in [-0.39, 0.29) is 6.04 Å². The van der Waals surface area contributed by atoms with Crippen molar-refractivity contribution in [1.82, 2.24) is 0 Å². The highest BCUT2D eigenvalue weighted by Crippen LogP contribution is 2.32. The molecule has 0 fully saturated rings. The fourth-order valence-electron chi connectivity index (χ4n) is 3.04. The average molecular weight is 333 g/mol. The molecule has 0 saturated carbocycles. The highest BCUT2D eigenvalue weighted by molar-refractivity contribution is 6.30. The summed E-state index contributed by atoms with van der Waals surface area (Å²) in [7, 11) is 0. The van der Waals surface area contributed by atoms with E-state index in [9.17, 15) is 0 Å². The van der Waals surface area contributed by atoms with Gasteiger partial charge in [0.05, 0.1) is 23.1 Å². The number of rotatable bonds is 3. The van der Waals surface area contributed by atoms with Crippen molar-refractivity contribution < 1.29 is 0 Å². The predicted octanol–water partition coefficient (Wildman–Crippen LogP) is 5.50. The minimum Gasteiger partial charge on any atom is -0.375 e. The number of nitrogens with zero attached hydrogens (tertiary/aromatic N) is 1. The molecule has 1 atom stereocenters. The lowest BCUT2D eigenvalue weighted by Gasteiger charge is -2.27. The number of anilines is 1. The van der Waals surface area contributed by atoms with E-state index in [4.69, 9.17) is 16.6 Å². The van der Waals surface area contributed by atoms with Crippen molar-refractivity contribution in [3.05, 3.63) is 95.0 Å². The number of nitrogens with one attached hydrogen (secondary N) is 1. The Balaban J connectivity index is 1.75. The zero-order valence-corrected chi connectivity index (χ0v) is 13.9. The van der Waals surface area contributed by atoms with E-state index >= 15 is 0 Å². The quantitative estimate of drug-likeness (QED) is 0.673. The molecule has 1 aliphatic heterocycles. The highest BCUT2D eigenvalue weighted by Gasteiger charge is 2.23. The van der Waals surface area contributed by atoms with Gasteiger partial charge in [-0.25, -0.2) is 4.99 Å². The predicted molar refractivity (Wildman–Crippen MR) is 102 cm³/mol. The van der Waals surface area contributed by atoms with Crippen molar-refractivity contribution in [1.29, 1.82) is 0 Å². The maximum Gasteiger partial charge on any atom is 0.0865 e. The normalized spacial score (nSPS) is 16.0. The van der Waals surface area contributed by atoms with Gasteiger partial charge in [0.2, 0.25) is 0 Å². The van der Waals surface area contributed by atoms with Gasteiger partial charge in [0, 0.05) is 5.02 Å². The largest absolute Gasteiger partial charge is 0.375 e. The van der Waals surface area contributed by atoms with Crippen molar-refractivity contribution >= 4 is 28.7 Å². The van der Waals surface area contributed by atoms with Crippen LogP contribution in [0.3, 0.4) is 0 Å². The van der Waals surface area contributed by atoms with Crippen molar-refractivity contribution in [3.8, 4) is 0 Å². The molecule has 0 aromatic heterocycles. The van der Waals surface area contributed by atoms with Crippen LogP contribution in [0.15, 0.2) is 83.9 Å². The molecule has 24 heavy (non-hydrogen) atoms. The minimum atomic E-state index is 0.128. The molecule has 0 bridgehead atoms. The van der Waals surface area contributed by atoms with Gasteiger partial charge in [0.25, 0.3) is 0 Å². The van der Waals surface area contributed by atoms with Crippen LogP contribution in [0.2, 0.25) is 5.02 Å². The standard InChI is InChI=1S/C21H17ClN2/c22-17-12-10-16(11-13-17)21-20(14-15-6-2-1-3-7-15)23-18-8-4-5-9-19(18)24-21/h1-13,20,23H,14H2. The number of benzene rings is 3. The molecule has 3 heteroatoms. The topological polar surface area (TPSA) is 24.4 Å². The molecule has 0 aliphatic carbocycles. The average Bonchev–Trinajstić information content (AvgIpc) is 2.63. The number of halogens is 1. The second-order valence-corrected chi connectivity index (χ2v) is 6.34. The Morgan fingerprint density at radius 3 is 2.33 bits per heavy atom. The zero-order valence-electron chi connectivity index (χ0n) is 13.1. The van der Waals surface area contributed by atoms with E-state index in [1.807, 2.05) is 48.5 Å². The van der Waals surface area contributed by atoms with Crippen LogP contribution in [-0.2, 0) is 6.42 Å². The van der Waals surface area contributed by atoms with E-state index in [2.05, 4.69) is 35.6 Å². The third-order valence-corrected chi connectivity index (χ3v) is 4.48. The molecule has 0 amide bonds. The van der Waals surface area contributed by atoms with Crippen LogP contribution in [0.5, 0.6) is 0 Å². The van der Waals surface area contributed by atoms with Gasteiger partial charge in [0.1, 0.15) is 0 Å². The van der Waals surface area contributed by atoms with Crippen LogP contribution in [0.1, 0.15) is 11.1 Å². The van der Waals surface area contributed by atoms with Crippen molar-refractivity contribution in [2.75, 3.05) is 5.32 Å². The van der Waals surface area contributed by atoms with Gasteiger partial charge in [-0.15, -0.1) is 0 Å². The first-order valence-corrected chi connectivity index (χ1v) is 8.41. The molecule has 2 nitrogen and oxygen atoms in total. The smallest absolute Gasteiger partial charge is 0.0865 e. The number of fused-ring (bicyclic) bond motifs is 1. The number of hydrogen-bond acceptors (Lipinski definition) is 2. The molecule has 3 aromatic rings. The van der Waals surface area contributed by atoms with Crippen LogP contribution in [0.25, 0.3) is 0 Å². The maximum absolute atomic E-state index is 6.04. The van der Waals surface area contributed by atoms with Crippen LogP contribution < -0.4 is 5.32 Å². The summed E-state index contributed by atoms with van der Waals surface area (Å²) in [6.45, 7) is 0. The third kappa shape index (κ3) is 3.06. The second kappa shape index (κ2) is 6.50. The summed E-state index contributed by atoms with van der Waals surface area (Å²) in [5.74, 6) is 0. The molecule has 0 radical (unpaired) electrons. The summed E-state index contributed by atoms with van der Waals surface area (Å²) < 4.78 is 0. The van der Waals surface area contributed by atoms with Gasteiger partial charge >= 0.3 is 0 Å². The first-order valence-electron chi connectivity index (χ1n) is 8.03. The Morgan fingerprint density at radius 2 is 1.54 bits per heavy atom. The van der Waals surface area contributed by atoms with Gasteiger partial charge < -0.3 is 5.32 Å². The van der Waals surface area contributed by atoms with Gasteiger partial charge in [-0.1, -0.05) is 66.2 Å². The summed E-state index contributed by atoms with van der Waals surface area (Å²) in [4.78, 5) is 4.93. The van der Waals surface area contributed by atoms with E-state index in [0.717, 1.165) is 34.1 Å². The SMILES string of the molecule is Clc1ccc(C2=Nc3ccccc3NC2Cc2ccccc2)cc1. The van der Waals surface area contributed by atoms with Crippen molar-refractivity contribution in [2.45, 2.75) is 12.5 Å². The van der Waals surface area contributed by atoms with Gasteiger partial charge in [-0.05, 0) is 41.8 Å². The van der Waals surface area contributed by atoms with Crippen molar-refractivity contribution in [2.24, 2.45) is 4.99 Å². The van der Waals surface area contributed by atoms with Gasteiger partial charge in [0.15, 0.2) is 0 Å². The van der Waals surface area contributed by atoms with Crippen LogP contribution in [0, 0.1) is 0 Å².